The van der Waals surface area contributed by atoms with Crippen molar-refractivity contribution in [2.45, 2.75) is 19.4 Å². The van der Waals surface area contributed by atoms with Crippen LogP contribution in [0.4, 0.5) is 0 Å². The van der Waals surface area contributed by atoms with Crippen LogP contribution in [0.2, 0.25) is 0 Å². The minimum atomic E-state index is -1.23. The predicted molar refractivity (Wildman–Crippen MR) is 48.5 cm³/mol. The molecule has 0 aromatic carbocycles. The number of carbonyl (C=O) groups excluding carboxylic acids is 1. The van der Waals surface area contributed by atoms with Crippen LogP contribution in [0.1, 0.15) is 34.4 Å². The molecule has 0 bridgehead atoms. The maximum atomic E-state index is 11.5. The van der Waals surface area contributed by atoms with Crippen molar-refractivity contribution in [3.05, 3.63) is 17.5 Å². The van der Waals surface area contributed by atoms with Crippen molar-refractivity contribution in [2.75, 3.05) is 0 Å². The molecule has 0 radical (unpaired) electrons. The Labute approximate surface area is 85.2 Å². The zero-order valence-corrected chi connectivity index (χ0v) is 8.06. The van der Waals surface area contributed by atoms with Gasteiger partial charge in [0.05, 0.1) is 0 Å². The summed E-state index contributed by atoms with van der Waals surface area (Å²) in [5, 5.41) is 14.6. The first-order valence-electron chi connectivity index (χ1n) is 4.59. The van der Waals surface area contributed by atoms with E-state index in [0.717, 1.165) is 12.5 Å². The molecule has 1 aliphatic carbocycles. The van der Waals surface area contributed by atoms with Crippen LogP contribution in [0.3, 0.4) is 0 Å². The Hall–Kier alpha value is -1.85. The molecule has 2 atom stereocenters. The minimum absolute atomic E-state index is 0.00602. The van der Waals surface area contributed by atoms with Crippen LogP contribution in [-0.2, 0) is 0 Å². The molecular formula is C9H10N2O4. The summed E-state index contributed by atoms with van der Waals surface area (Å²) in [5.74, 6) is -1.47. The lowest BCUT2D eigenvalue weighted by molar-refractivity contribution is 0.0651. The van der Waals surface area contributed by atoms with Crippen LogP contribution < -0.4 is 5.32 Å². The first kappa shape index (κ1) is 9.70. The molecule has 15 heavy (non-hydrogen) atoms. The molecule has 6 heteroatoms. The quantitative estimate of drug-likeness (QED) is 0.758. The molecule has 1 saturated carbocycles. The third kappa shape index (κ3) is 1.98. The fourth-order valence-electron chi connectivity index (χ4n) is 1.25. The first-order chi connectivity index (χ1) is 7.08. The molecule has 2 rings (SSSR count). The van der Waals surface area contributed by atoms with E-state index in [4.69, 9.17) is 5.11 Å². The van der Waals surface area contributed by atoms with E-state index >= 15 is 0 Å². The van der Waals surface area contributed by atoms with Crippen LogP contribution in [0.5, 0.6) is 0 Å². The number of carbonyl (C=O) groups is 2. The fraction of sp³-hybridized carbons (Fsp3) is 0.444. The lowest BCUT2D eigenvalue weighted by Crippen LogP contribution is -2.26. The highest BCUT2D eigenvalue weighted by molar-refractivity contribution is 5.95. The molecule has 1 aromatic heterocycles. The second kappa shape index (κ2) is 3.38. The number of nitrogens with one attached hydrogen (secondary N) is 1. The van der Waals surface area contributed by atoms with Crippen LogP contribution in [0, 0.1) is 5.92 Å². The monoisotopic (exact) mass is 210 g/mol. The molecule has 1 aliphatic rings. The van der Waals surface area contributed by atoms with Crippen molar-refractivity contribution >= 4 is 11.9 Å². The standard InChI is InChI=1S/C9H10N2O4/c1-4-2-5(4)10-8(12)6-3-7(9(13)14)15-11-6/h3-5H,2H2,1H3,(H,10,12)(H,13,14). The maximum Gasteiger partial charge on any atom is 0.374 e. The highest BCUT2D eigenvalue weighted by atomic mass is 16.5. The SMILES string of the molecule is CC1CC1NC(=O)c1cc(C(=O)O)on1. The molecule has 1 fully saturated rings. The zero-order valence-electron chi connectivity index (χ0n) is 8.06. The summed E-state index contributed by atoms with van der Waals surface area (Å²) < 4.78 is 4.47. The van der Waals surface area contributed by atoms with Gasteiger partial charge < -0.3 is 14.9 Å². The smallest absolute Gasteiger partial charge is 0.374 e. The van der Waals surface area contributed by atoms with Gasteiger partial charge in [0.1, 0.15) is 0 Å². The van der Waals surface area contributed by atoms with Gasteiger partial charge in [-0.15, -0.1) is 0 Å². The summed E-state index contributed by atoms with van der Waals surface area (Å²) >= 11 is 0. The van der Waals surface area contributed by atoms with E-state index in [1.54, 1.807) is 0 Å². The van der Waals surface area contributed by atoms with Gasteiger partial charge in [-0.1, -0.05) is 12.1 Å². The van der Waals surface area contributed by atoms with Gasteiger partial charge in [-0.2, -0.15) is 0 Å². The Bertz CT molecular complexity index is 412. The van der Waals surface area contributed by atoms with Crippen LogP contribution in [-0.4, -0.2) is 28.2 Å². The average molecular weight is 210 g/mol. The number of hydrogen-bond donors (Lipinski definition) is 2. The van der Waals surface area contributed by atoms with Gasteiger partial charge in [0.2, 0.25) is 5.76 Å². The highest BCUT2D eigenvalue weighted by Gasteiger charge is 2.34. The number of aromatic carboxylic acids is 1. The summed E-state index contributed by atoms with van der Waals surface area (Å²) in [7, 11) is 0. The Balaban J connectivity index is 2.02. The predicted octanol–water partition coefficient (Wildman–Crippen LogP) is 0.511. The van der Waals surface area contributed by atoms with Crippen molar-refractivity contribution in [3.8, 4) is 0 Å². The van der Waals surface area contributed by atoms with E-state index in [9.17, 15) is 9.59 Å². The van der Waals surface area contributed by atoms with E-state index in [2.05, 4.69) is 15.0 Å². The van der Waals surface area contributed by atoms with Gasteiger partial charge in [0.25, 0.3) is 5.91 Å². The third-order valence-corrected chi connectivity index (χ3v) is 2.38. The topological polar surface area (TPSA) is 92.4 Å². The van der Waals surface area contributed by atoms with Gasteiger partial charge in [0, 0.05) is 12.1 Å². The molecular weight excluding hydrogens is 200 g/mol. The molecule has 0 aliphatic heterocycles. The number of nitrogens with zero attached hydrogens (tertiary/aromatic N) is 1. The molecule has 80 valence electrons. The Morgan fingerprint density at radius 1 is 1.67 bits per heavy atom. The van der Waals surface area contributed by atoms with E-state index in [1.807, 2.05) is 6.92 Å². The third-order valence-electron chi connectivity index (χ3n) is 2.38. The summed E-state index contributed by atoms with van der Waals surface area (Å²) in [6.07, 6.45) is 0.954. The van der Waals surface area contributed by atoms with Gasteiger partial charge in [0.15, 0.2) is 5.69 Å². The number of rotatable bonds is 3. The van der Waals surface area contributed by atoms with Crippen molar-refractivity contribution in [1.29, 1.82) is 0 Å². The van der Waals surface area contributed by atoms with E-state index in [-0.39, 0.29) is 23.4 Å². The average Bonchev–Trinajstić information content (AvgIpc) is 2.71. The van der Waals surface area contributed by atoms with Crippen LogP contribution in [0.25, 0.3) is 0 Å². The van der Waals surface area contributed by atoms with Crippen molar-refractivity contribution in [2.24, 2.45) is 5.92 Å². The van der Waals surface area contributed by atoms with Crippen LogP contribution >= 0.6 is 0 Å². The molecule has 2 unspecified atom stereocenters. The second-order valence-electron chi connectivity index (χ2n) is 3.67. The Kier molecular flexibility index (Phi) is 2.18. The summed E-state index contributed by atoms with van der Waals surface area (Å²) in [6.45, 7) is 2.02. The number of hydrogen-bond acceptors (Lipinski definition) is 4. The van der Waals surface area contributed by atoms with Gasteiger partial charge >= 0.3 is 5.97 Å². The highest BCUT2D eigenvalue weighted by Crippen LogP contribution is 2.29. The lowest BCUT2D eigenvalue weighted by atomic mass is 10.3. The van der Waals surface area contributed by atoms with Gasteiger partial charge in [-0.25, -0.2) is 4.79 Å². The number of aromatic nitrogens is 1. The largest absolute Gasteiger partial charge is 0.475 e. The molecule has 0 spiro atoms. The molecule has 2 N–H and O–H groups in total. The van der Waals surface area contributed by atoms with E-state index < -0.39 is 5.97 Å². The summed E-state index contributed by atoms with van der Waals surface area (Å²) in [4.78, 5) is 21.9. The Morgan fingerprint density at radius 2 is 2.33 bits per heavy atom. The molecule has 1 aromatic rings. The summed E-state index contributed by atoms with van der Waals surface area (Å²) in [6, 6.07) is 1.30. The maximum absolute atomic E-state index is 11.5. The van der Waals surface area contributed by atoms with E-state index in [0.29, 0.717) is 5.92 Å². The van der Waals surface area contributed by atoms with Gasteiger partial charge in [-0.3, -0.25) is 4.79 Å². The fourth-order valence-corrected chi connectivity index (χ4v) is 1.25. The van der Waals surface area contributed by atoms with E-state index in [1.165, 1.54) is 0 Å². The molecule has 0 saturated heterocycles. The molecule has 1 heterocycles. The number of amides is 1. The van der Waals surface area contributed by atoms with Gasteiger partial charge in [-0.05, 0) is 12.3 Å². The summed E-state index contributed by atoms with van der Waals surface area (Å²) in [5.41, 5.74) is 0.00602. The number of carboxylic acid groups (broad SMARTS) is 1. The first-order valence-corrected chi connectivity index (χ1v) is 4.59. The zero-order chi connectivity index (χ0) is 11.0. The van der Waals surface area contributed by atoms with Crippen LogP contribution in [0.15, 0.2) is 10.6 Å². The van der Waals surface area contributed by atoms with Crippen molar-refractivity contribution in [1.82, 2.24) is 10.5 Å². The number of carboxylic acids is 1. The Morgan fingerprint density at radius 3 is 2.80 bits per heavy atom. The molecule has 1 amide bonds. The normalized spacial score (nSPS) is 23.5. The molecule has 6 nitrogen and oxygen atoms in total. The second-order valence-corrected chi connectivity index (χ2v) is 3.67. The van der Waals surface area contributed by atoms with Crippen molar-refractivity contribution < 1.29 is 19.2 Å². The van der Waals surface area contributed by atoms with Crippen molar-refractivity contribution in [3.63, 3.8) is 0 Å². The minimum Gasteiger partial charge on any atom is -0.475 e. The lowest BCUT2D eigenvalue weighted by Gasteiger charge is -1.98.